The van der Waals surface area contributed by atoms with E-state index in [1.54, 1.807) is 41.9 Å². The van der Waals surface area contributed by atoms with Crippen molar-refractivity contribution in [2.24, 2.45) is 0 Å². The summed E-state index contributed by atoms with van der Waals surface area (Å²) < 4.78 is 41.3. The summed E-state index contributed by atoms with van der Waals surface area (Å²) in [6.07, 6.45) is 4.08. The van der Waals surface area contributed by atoms with Gasteiger partial charge in [-0.1, -0.05) is 12.1 Å². The van der Waals surface area contributed by atoms with Crippen molar-refractivity contribution in [3.8, 4) is 5.75 Å². The number of ether oxygens (including phenoxy) is 2. The normalized spacial score (nSPS) is 24.2. The Morgan fingerprint density at radius 1 is 1.29 bits per heavy atom. The molecule has 164 valence electrons. The lowest BCUT2D eigenvalue weighted by atomic mass is 9.89. The topological polar surface area (TPSA) is 93.7 Å². The van der Waals surface area contributed by atoms with Crippen LogP contribution in [0.2, 0.25) is 0 Å². The van der Waals surface area contributed by atoms with Crippen LogP contribution in [-0.4, -0.2) is 56.8 Å². The molecule has 2 atom stereocenters. The van der Waals surface area contributed by atoms with Gasteiger partial charge in [-0.15, -0.1) is 11.3 Å². The molecule has 1 spiro atoms. The predicted molar refractivity (Wildman–Crippen MR) is 119 cm³/mol. The number of benzene rings is 1. The summed E-state index contributed by atoms with van der Waals surface area (Å²) in [6.45, 7) is 1.93. The summed E-state index contributed by atoms with van der Waals surface area (Å²) in [7, 11) is -2.25. The zero-order chi connectivity index (χ0) is 21.5. The van der Waals surface area contributed by atoms with Gasteiger partial charge in [0.15, 0.2) is 0 Å². The second-order valence-corrected chi connectivity index (χ2v) is 10.6. The Morgan fingerprint density at radius 2 is 2.16 bits per heavy atom. The molecular weight excluding hydrogens is 436 g/mol. The smallest absolute Gasteiger partial charge is 0.244 e. The van der Waals surface area contributed by atoms with Gasteiger partial charge in [-0.25, -0.2) is 23.1 Å². The summed E-state index contributed by atoms with van der Waals surface area (Å²) >= 11 is 1.64. The summed E-state index contributed by atoms with van der Waals surface area (Å²) in [5.41, 5.74) is 0.560. The van der Waals surface area contributed by atoms with Crippen molar-refractivity contribution in [1.82, 2.24) is 14.7 Å². The SMILES string of the molecule is COc1ccccc1S(=O)(=O)NC1COC2(CCCN(c3ncnc4ccsc34)C2)C1. The second kappa shape index (κ2) is 8.01. The lowest BCUT2D eigenvalue weighted by Crippen LogP contribution is -2.49. The van der Waals surface area contributed by atoms with Crippen LogP contribution >= 0.6 is 11.3 Å². The van der Waals surface area contributed by atoms with E-state index in [0.29, 0.717) is 25.3 Å². The van der Waals surface area contributed by atoms with Gasteiger partial charge in [-0.05, 0) is 42.8 Å². The molecule has 5 rings (SSSR count). The van der Waals surface area contributed by atoms with E-state index in [-0.39, 0.29) is 16.5 Å². The summed E-state index contributed by atoms with van der Waals surface area (Å²) in [4.78, 5) is 11.3. The highest BCUT2D eigenvalue weighted by molar-refractivity contribution is 7.89. The van der Waals surface area contributed by atoms with Gasteiger partial charge in [0.1, 0.15) is 22.8 Å². The lowest BCUT2D eigenvalue weighted by molar-refractivity contribution is -0.00663. The average molecular weight is 461 g/mol. The molecule has 4 heterocycles. The van der Waals surface area contributed by atoms with Gasteiger partial charge in [-0.3, -0.25) is 0 Å². The van der Waals surface area contributed by atoms with E-state index in [0.717, 1.165) is 35.4 Å². The molecule has 0 bridgehead atoms. The fourth-order valence-electron chi connectivity index (χ4n) is 4.61. The third kappa shape index (κ3) is 3.89. The number of para-hydroxylation sites is 1. The van der Waals surface area contributed by atoms with Crippen LogP contribution in [0.15, 0.2) is 46.9 Å². The number of sulfonamides is 1. The Morgan fingerprint density at radius 3 is 3.03 bits per heavy atom. The minimum atomic E-state index is -3.72. The van der Waals surface area contributed by atoms with Crippen molar-refractivity contribution in [2.45, 2.75) is 35.8 Å². The first kappa shape index (κ1) is 20.6. The molecule has 2 fully saturated rings. The van der Waals surface area contributed by atoms with E-state index in [1.807, 2.05) is 11.4 Å². The standard InChI is InChI=1S/C21H24N4O4S2/c1-28-17-5-2-3-6-18(17)31(26,27)24-15-11-21(29-12-15)8-4-9-25(13-21)20-19-16(7-10-30-19)22-14-23-20/h2-3,5-7,10,14-15,24H,4,8-9,11-13H2,1H3. The van der Waals surface area contributed by atoms with Crippen LogP contribution in [0.4, 0.5) is 5.82 Å². The zero-order valence-electron chi connectivity index (χ0n) is 17.2. The van der Waals surface area contributed by atoms with Crippen molar-refractivity contribution < 1.29 is 17.9 Å². The highest BCUT2D eigenvalue weighted by atomic mass is 32.2. The van der Waals surface area contributed by atoms with E-state index in [2.05, 4.69) is 19.6 Å². The van der Waals surface area contributed by atoms with Crippen molar-refractivity contribution in [3.05, 3.63) is 42.0 Å². The molecule has 1 N–H and O–H groups in total. The summed E-state index contributed by atoms with van der Waals surface area (Å²) in [6, 6.07) is 8.35. The molecule has 2 saturated heterocycles. The number of methoxy groups -OCH3 is 1. The second-order valence-electron chi connectivity index (χ2n) is 8.02. The number of rotatable bonds is 5. The van der Waals surface area contributed by atoms with E-state index in [1.165, 1.54) is 7.11 Å². The number of nitrogens with zero attached hydrogens (tertiary/aromatic N) is 3. The maximum atomic E-state index is 13.0. The maximum Gasteiger partial charge on any atom is 0.244 e. The first-order valence-corrected chi connectivity index (χ1v) is 12.6. The van der Waals surface area contributed by atoms with Gasteiger partial charge >= 0.3 is 0 Å². The van der Waals surface area contributed by atoms with Crippen LogP contribution in [0.1, 0.15) is 19.3 Å². The lowest BCUT2D eigenvalue weighted by Gasteiger charge is -2.40. The Bertz CT molecular complexity index is 1200. The largest absolute Gasteiger partial charge is 0.495 e. The minimum absolute atomic E-state index is 0.143. The van der Waals surface area contributed by atoms with Gasteiger partial charge in [0.25, 0.3) is 0 Å². The number of hydrogen-bond donors (Lipinski definition) is 1. The molecule has 0 amide bonds. The molecule has 3 aromatic rings. The first-order valence-electron chi connectivity index (χ1n) is 10.2. The Balaban J connectivity index is 1.33. The fourth-order valence-corrected chi connectivity index (χ4v) is 6.86. The predicted octanol–water partition coefficient (Wildman–Crippen LogP) is 2.81. The number of thiophene rings is 1. The summed E-state index contributed by atoms with van der Waals surface area (Å²) in [5, 5.41) is 2.03. The molecule has 2 aliphatic rings. The molecule has 8 nitrogen and oxygen atoms in total. The maximum absolute atomic E-state index is 13.0. The molecule has 2 unspecified atom stereocenters. The fraction of sp³-hybridized carbons (Fsp3) is 0.429. The van der Waals surface area contributed by atoms with E-state index in [9.17, 15) is 8.42 Å². The van der Waals surface area contributed by atoms with Gasteiger partial charge in [-0.2, -0.15) is 0 Å². The zero-order valence-corrected chi connectivity index (χ0v) is 18.8. The van der Waals surface area contributed by atoms with E-state index in [4.69, 9.17) is 9.47 Å². The molecule has 10 heteroatoms. The Kier molecular flexibility index (Phi) is 5.33. The molecule has 2 aromatic heterocycles. The van der Waals surface area contributed by atoms with Crippen LogP contribution in [0.25, 0.3) is 10.2 Å². The van der Waals surface area contributed by atoms with Crippen molar-refractivity contribution in [3.63, 3.8) is 0 Å². The monoisotopic (exact) mass is 460 g/mol. The third-order valence-electron chi connectivity index (χ3n) is 5.95. The Hall–Kier alpha value is -2.27. The van der Waals surface area contributed by atoms with Crippen molar-refractivity contribution >= 4 is 37.4 Å². The van der Waals surface area contributed by atoms with Crippen LogP contribution in [0.3, 0.4) is 0 Å². The number of piperidine rings is 1. The van der Waals surface area contributed by atoms with Crippen LogP contribution in [0.5, 0.6) is 5.75 Å². The number of aromatic nitrogens is 2. The molecule has 0 saturated carbocycles. The molecule has 0 aliphatic carbocycles. The van der Waals surface area contributed by atoms with Crippen molar-refractivity contribution in [2.75, 3.05) is 31.7 Å². The number of nitrogens with one attached hydrogen (secondary N) is 1. The van der Waals surface area contributed by atoms with E-state index < -0.39 is 10.0 Å². The number of hydrogen-bond acceptors (Lipinski definition) is 8. The molecule has 1 aromatic carbocycles. The van der Waals surface area contributed by atoms with Gasteiger partial charge in [0.2, 0.25) is 10.0 Å². The van der Waals surface area contributed by atoms with Gasteiger partial charge in [0.05, 0.1) is 29.5 Å². The number of anilines is 1. The molecular formula is C21H24N4O4S2. The Labute approximate surface area is 185 Å². The highest BCUT2D eigenvalue weighted by Crippen LogP contribution is 2.38. The van der Waals surface area contributed by atoms with Crippen molar-refractivity contribution in [1.29, 1.82) is 0 Å². The minimum Gasteiger partial charge on any atom is -0.495 e. The summed E-state index contributed by atoms with van der Waals surface area (Å²) in [5.74, 6) is 1.26. The van der Waals surface area contributed by atoms with Crippen LogP contribution in [0, 0.1) is 0 Å². The molecule has 2 aliphatic heterocycles. The number of fused-ring (bicyclic) bond motifs is 1. The molecule has 31 heavy (non-hydrogen) atoms. The van der Waals surface area contributed by atoms with Crippen LogP contribution in [-0.2, 0) is 14.8 Å². The quantitative estimate of drug-likeness (QED) is 0.626. The molecule has 0 radical (unpaired) electrons. The first-order chi connectivity index (χ1) is 15.0. The average Bonchev–Trinajstić information content (AvgIpc) is 3.40. The highest BCUT2D eigenvalue weighted by Gasteiger charge is 2.45. The van der Waals surface area contributed by atoms with Gasteiger partial charge in [0, 0.05) is 19.1 Å². The third-order valence-corrected chi connectivity index (χ3v) is 8.41. The van der Waals surface area contributed by atoms with Crippen LogP contribution < -0.4 is 14.4 Å². The van der Waals surface area contributed by atoms with Gasteiger partial charge < -0.3 is 14.4 Å². The van der Waals surface area contributed by atoms with E-state index >= 15 is 0 Å².